The van der Waals surface area contributed by atoms with Crippen LogP contribution in [-0.4, -0.2) is 30.6 Å². The van der Waals surface area contributed by atoms with Crippen LogP contribution < -0.4 is 11.1 Å². The first-order valence-electron chi connectivity index (χ1n) is 6.34. The highest BCUT2D eigenvalue weighted by atomic mass is 35.5. The highest BCUT2D eigenvalue weighted by Gasteiger charge is 2.23. The van der Waals surface area contributed by atoms with E-state index >= 15 is 0 Å². The van der Waals surface area contributed by atoms with Crippen LogP contribution in [0, 0.1) is 0 Å². The minimum atomic E-state index is 0.569. The average Bonchev–Trinajstić information content (AvgIpc) is 2.75. The summed E-state index contributed by atoms with van der Waals surface area (Å²) in [6.07, 6.45) is 2.49. The number of rotatable bonds is 4. The molecular formula is C13H19Cl2N3. The fraction of sp³-hybridized carbons (Fsp3) is 0.538. The number of likely N-dealkylation sites (tertiary alicyclic amines) is 1. The van der Waals surface area contributed by atoms with Crippen molar-refractivity contribution in [2.45, 2.75) is 25.8 Å². The summed E-state index contributed by atoms with van der Waals surface area (Å²) >= 11 is 12.3. The van der Waals surface area contributed by atoms with E-state index in [0.717, 1.165) is 18.8 Å². The quantitative estimate of drug-likeness (QED) is 0.833. The third-order valence-corrected chi connectivity index (χ3v) is 4.08. The molecule has 2 rings (SSSR count). The molecule has 1 unspecified atom stereocenters. The maximum absolute atomic E-state index is 6.15. The molecule has 1 aromatic carbocycles. The first-order chi connectivity index (χ1) is 8.61. The standard InChI is InChI=1S/C13H19Cl2N3/c1-2-18-5-3-4-10(18)8-17-13-11(14)6-9(16)7-12(13)15/h6-7,10,17H,2-5,8,16H2,1H3. The van der Waals surface area contributed by atoms with Crippen LogP contribution in [0.1, 0.15) is 19.8 Å². The number of nitrogens with one attached hydrogen (secondary N) is 1. The molecule has 0 aliphatic carbocycles. The van der Waals surface area contributed by atoms with Gasteiger partial charge in [-0.15, -0.1) is 0 Å². The van der Waals surface area contributed by atoms with Gasteiger partial charge in [0.1, 0.15) is 0 Å². The van der Waals surface area contributed by atoms with Gasteiger partial charge in [-0.25, -0.2) is 0 Å². The van der Waals surface area contributed by atoms with Gasteiger partial charge < -0.3 is 11.1 Å². The van der Waals surface area contributed by atoms with Crippen molar-refractivity contribution in [3.63, 3.8) is 0 Å². The van der Waals surface area contributed by atoms with Gasteiger partial charge in [0.05, 0.1) is 15.7 Å². The molecule has 0 spiro atoms. The number of anilines is 2. The van der Waals surface area contributed by atoms with Gasteiger partial charge in [0.2, 0.25) is 0 Å². The monoisotopic (exact) mass is 287 g/mol. The van der Waals surface area contributed by atoms with Crippen LogP contribution >= 0.6 is 23.2 Å². The highest BCUT2D eigenvalue weighted by Crippen LogP contribution is 2.33. The zero-order valence-electron chi connectivity index (χ0n) is 10.5. The van der Waals surface area contributed by atoms with E-state index in [1.54, 1.807) is 12.1 Å². The SMILES string of the molecule is CCN1CCCC1CNc1c(Cl)cc(N)cc1Cl. The summed E-state index contributed by atoms with van der Waals surface area (Å²) in [6.45, 7) is 5.35. The summed E-state index contributed by atoms with van der Waals surface area (Å²) in [5.74, 6) is 0. The van der Waals surface area contributed by atoms with Crippen LogP contribution in [0.4, 0.5) is 11.4 Å². The number of halogens is 2. The third-order valence-electron chi connectivity index (χ3n) is 3.48. The number of hydrogen-bond donors (Lipinski definition) is 2. The van der Waals surface area contributed by atoms with Gasteiger partial charge in [-0.2, -0.15) is 0 Å². The minimum absolute atomic E-state index is 0.569. The zero-order chi connectivity index (χ0) is 13.1. The molecule has 1 heterocycles. The van der Waals surface area contributed by atoms with Crippen molar-refractivity contribution in [1.29, 1.82) is 0 Å². The predicted octanol–water partition coefficient (Wildman–Crippen LogP) is 3.47. The van der Waals surface area contributed by atoms with Crippen LogP contribution in [-0.2, 0) is 0 Å². The summed E-state index contributed by atoms with van der Waals surface area (Å²) in [7, 11) is 0. The molecule has 1 aliphatic rings. The van der Waals surface area contributed by atoms with Gasteiger partial charge >= 0.3 is 0 Å². The Bertz CT molecular complexity index is 400. The molecule has 5 heteroatoms. The molecule has 0 bridgehead atoms. The number of benzene rings is 1. The van der Waals surface area contributed by atoms with E-state index in [1.165, 1.54) is 19.4 Å². The molecule has 1 aromatic rings. The summed E-state index contributed by atoms with van der Waals surface area (Å²) in [5.41, 5.74) is 7.06. The summed E-state index contributed by atoms with van der Waals surface area (Å²) < 4.78 is 0. The molecule has 0 radical (unpaired) electrons. The molecule has 1 fully saturated rings. The maximum Gasteiger partial charge on any atom is 0.0721 e. The van der Waals surface area contributed by atoms with E-state index in [-0.39, 0.29) is 0 Å². The first kappa shape index (κ1) is 13.8. The fourth-order valence-electron chi connectivity index (χ4n) is 2.52. The largest absolute Gasteiger partial charge is 0.399 e. The van der Waals surface area contributed by atoms with Gasteiger partial charge in [-0.3, -0.25) is 4.90 Å². The highest BCUT2D eigenvalue weighted by molar-refractivity contribution is 6.39. The van der Waals surface area contributed by atoms with Crippen molar-refractivity contribution >= 4 is 34.6 Å². The third kappa shape index (κ3) is 3.02. The minimum Gasteiger partial charge on any atom is -0.399 e. The normalized spacial score (nSPS) is 20.3. The topological polar surface area (TPSA) is 41.3 Å². The Kier molecular flexibility index (Phi) is 4.60. The molecule has 18 heavy (non-hydrogen) atoms. The van der Waals surface area contributed by atoms with Crippen molar-refractivity contribution in [2.75, 3.05) is 30.7 Å². The lowest BCUT2D eigenvalue weighted by molar-refractivity contribution is 0.277. The summed E-state index contributed by atoms with van der Waals surface area (Å²) in [6, 6.07) is 4.02. The molecule has 100 valence electrons. The molecule has 1 aliphatic heterocycles. The van der Waals surface area contributed by atoms with Crippen molar-refractivity contribution in [3.8, 4) is 0 Å². The van der Waals surface area contributed by atoms with Crippen molar-refractivity contribution < 1.29 is 0 Å². The smallest absolute Gasteiger partial charge is 0.0721 e. The lowest BCUT2D eigenvalue weighted by Crippen LogP contribution is -2.34. The lowest BCUT2D eigenvalue weighted by Gasteiger charge is -2.24. The molecule has 0 aromatic heterocycles. The Morgan fingerprint density at radius 2 is 2.06 bits per heavy atom. The van der Waals surface area contributed by atoms with Gasteiger partial charge in [0.15, 0.2) is 0 Å². The first-order valence-corrected chi connectivity index (χ1v) is 7.10. The molecule has 1 atom stereocenters. The zero-order valence-corrected chi connectivity index (χ0v) is 12.1. The average molecular weight is 288 g/mol. The van der Waals surface area contributed by atoms with Gasteiger partial charge in [0, 0.05) is 18.3 Å². The molecule has 1 saturated heterocycles. The van der Waals surface area contributed by atoms with Crippen LogP contribution in [0.5, 0.6) is 0 Å². The molecule has 3 N–H and O–H groups in total. The second-order valence-electron chi connectivity index (χ2n) is 4.67. The number of nitrogens with two attached hydrogens (primary N) is 1. The Hall–Kier alpha value is -0.640. The van der Waals surface area contributed by atoms with Crippen LogP contribution in [0.3, 0.4) is 0 Å². The maximum atomic E-state index is 6.15. The van der Waals surface area contributed by atoms with E-state index in [0.29, 0.717) is 21.8 Å². The summed E-state index contributed by atoms with van der Waals surface area (Å²) in [4.78, 5) is 2.48. The number of hydrogen-bond acceptors (Lipinski definition) is 3. The molecule has 0 amide bonds. The second kappa shape index (κ2) is 6.00. The Labute approximate surface area is 118 Å². The van der Waals surface area contributed by atoms with E-state index in [1.807, 2.05) is 0 Å². The molecule has 0 saturated carbocycles. The van der Waals surface area contributed by atoms with Crippen LogP contribution in [0.2, 0.25) is 10.0 Å². The van der Waals surface area contributed by atoms with E-state index in [4.69, 9.17) is 28.9 Å². The Morgan fingerprint density at radius 3 is 2.67 bits per heavy atom. The second-order valence-corrected chi connectivity index (χ2v) is 5.48. The fourth-order valence-corrected chi connectivity index (χ4v) is 3.16. The number of nitrogens with zero attached hydrogens (tertiary/aromatic N) is 1. The van der Waals surface area contributed by atoms with Crippen molar-refractivity contribution in [1.82, 2.24) is 4.90 Å². The van der Waals surface area contributed by atoms with E-state index in [9.17, 15) is 0 Å². The predicted molar refractivity (Wildman–Crippen MR) is 79.6 cm³/mol. The van der Waals surface area contributed by atoms with Gasteiger partial charge in [-0.05, 0) is 38.1 Å². The van der Waals surface area contributed by atoms with E-state index in [2.05, 4.69) is 17.1 Å². The molecule has 3 nitrogen and oxygen atoms in total. The Morgan fingerprint density at radius 1 is 1.39 bits per heavy atom. The number of nitrogen functional groups attached to an aromatic ring is 1. The van der Waals surface area contributed by atoms with Gasteiger partial charge in [0.25, 0.3) is 0 Å². The number of likely N-dealkylation sites (N-methyl/N-ethyl adjacent to an activating group) is 1. The van der Waals surface area contributed by atoms with Crippen LogP contribution in [0.15, 0.2) is 12.1 Å². The Balaban J connectivity index is 2.02. The lowest BCUT2D eigenvalue weighted by atomic mass is 10.2. The summed E-state index contributed by atoms with van der Waals surface area (Å²) in [5, 5.41) is 4.52. The van der Waals surface area contributed by atoms with E-state index < -0.39 is 0 Å². The molecular weight excluding hydrogens is 269 g/mol. The van der Waals surface area contributed by atoms with Gasteiger partial charge in [-0.1, -0.05) is 30.1 Å². The van der Waals surface area contributed by atoms with Crippen molar-refractivity contribution in [2.24, 2.45) is 0 Å². The van der Waals surface area contributed by atoms with Crippen LogP contribution in [0.25, 0.3) is 0 Å². The van der Waals surface area contributed by atoms with Crippen molar-refractivity contribution in [3.05, 3.63) is 22.2 Å².